The summed E-state index contributed by atoms with van der Waals surface area (Å²) in [5, 5.41) is 0.434. The highest BCUT2D eigenvalue weighted by atomic mass is 32.1. The van der Waals surface area contributed by atoms with Crippen molar-refractivity contribution in [3.63, 3.8) is 0 Å². The van der Waals surface area contributed by atoms with Crippen LogP contribution in [0.3, 0.4) is 0 Å². The molecule has 0 aromatic carbocycles. The van der Waals surface area contributed by atoms with E-state index < -0.39 is 11.1 Å². The minimum Gasteiger partial charge on any atom is -0.341 e. The highest BCUT2D eigenvalue weighted by Crippen LogP contribution is 2.40. The van der Waals surface area contributed by atoms with Gasteiger partial charge in [-0.1, -0.05) is 17.4 Å². The first-order valence-corrected chi connectivity index (χ1v) is 7.04. The topological polar surface area (TPSA) is 29.0 Å². The third-order valence-electron chi connectivity index (χ3n) is 3.08. The first kappa shape index (κ1) is 13.4. The van der Waals surface area contributed by atoms with Crippen LogP contribution in [0.25, 0.3) is 0 Å². The van der Waals surface area contributed by atoms with Gasteiger partial charge in [-0.15, -0.1) is 0 Å². The van der Waals surface area contributed by atoms with E-state index in [1.807, 2.05) is 17.0 Å². The summed E-state index contributed by atoms with van der Waals surface area (Å²) in [7, 11) is 0. The van der Waals surface area contributed by atoms with Crippen molar-refractivity contribution in [1.29, 1.82) is 0 Å². The Morgan fingerprint density at radius 3 is 2.65 bits per heavy atom. The number of hydrogen-bond acceptors (Lipinski definition) is 4. The van der Waals surface area contributed by atoms with Gasteiger partial charge in [0.2, 0.25) is 0 Å². The quantitative estimate of drug-likeness (QED) is 0.861. The van der Waals surface area contributed by atoms with Gasteiger partial charge in [0.1, 0.15) is 4.88 Å². The summed E-state index contributed by atoms with van der Waals surface area (Å²) in [5.74, 6) is 0. The van der Waals surface area contributed by atoms with E-state index in [1.165, 1.54) is 0 Å². The summed E-state index contributed by atoms with van der Waals surface area (Å²) >= 11 is 0.705. The van der Waals surface area contributed by atoms with Crippen LogP contribution in [0.4, 0.5) is 18.3 Å². The van der Waals surface area contributed by atoms with Crippen LogP contribution >= 0.6 is 11.3 Å². The van der Waals surface area contributed by atoms with E-state index in [4.69, 9.17) is 0 Å². The lowest BCUT2D eigenvalue weighted by Gasteiger charge is -2.21. The van der Waals surface area contributed by atoms with Gasteiger partial charge in [0.15, 0.2) is 5.13 Å². The lowest BCUT2D eigenvalue weighted by Crippen LogP contribution is -2.24. The standard InChI is InChI=1S/C13H12F3N3S/c14-13(15,16)11-7-18-12(20-11)19(10-3-4-10)8-9-2-1-5-17-6-9/h1-2,5-7,10H,3-4,8H2. The molecule has 2 aromatic heterocycles. The molecular formula is C13H12F3N3S. The first-order chi connectivity index (χ1) is 9.54. The van der Waals surface area contributed by atoms with Gasteiger partial charge in [0.05, 0.1) is 6.20 Å². The number of nitrogens with zero attached hydrogens (tertiary/aromatic N) is 3. The molecule has 106 valence electrons. The molecule has 0 spiro atoms. The zero-order valence-corrected chi connectivity index (χ0v) is 11.3. The fourth-order valence-corrected chi connectivity index (χ4v) is 2.81. The van der Waals surface area contributed by atoms with E-state index in [0.29, 0.717) is 29.1 Å². The van der Waals surface area contributed by atoms with Gasteiger partial charge in [0, 0.05) is 25.0 Å². The molecule has 0 amide bonds. The summed E-state index contributed by atoms with van der Waals surface area (Å²) in [4.78, 5) is 9.27. The van der Waals surface area contributed by atoms with Crippen LogP contribution in [0.15, 0.2) is 30.7 Å². The Bertz CT molecular complexity index is 578. The summed E-state index contributed by atoms with van der Waals surface area (Å²) in [5.41, 5.74) is 0.975. The lowest BCUT2D eigenvalue weighted by molar-refractivity contribution is -0.134. The third kappa shape index (κ3) is 2.92. The average molecular weight is 299 g/mol. The summed E-state index contributed by atoms with van der Waals surface area (Å²) in [6.07, 6.45) is 2.00. The van der Waals surface area contributed by atoms with Crippen molar-refractivity contribution in [2.45, 2.75) is 31.6 Å². The van der Waals surface area contributed by atoms with E-state index in [0.717, 1.165) is 24.6 Å². The van der Waals surface area contributed by atoms with Gasteiger partial charge in [-0.2, -0.15) is 13.2 Å². The monoisotopic (exact) mass is 299 g/mol. The number of rotatable bonds is 4. The summed E-state index contributed by atoms with van der Waals surface area (Å²) in [6.45, 7) is 0.545. The lowest BCUT2D eigenvalue weighted by atomic mass is 10.2. The summed E-state index contributed by atoms with van der Waals surface area (Å²) in [6, 6.07) is 4.03. The fraction of sp³-hybridized carbons (Fsp3) is 0.385. The molecule has 3 rings (SSSR count). The zero-order valence-electron chi connectivity index (χ0n) is 10.5. The molecular weight excluding hydrogens is 287 g/mol. The Morgan fingerprint density at radius 1 is 1.30 bits per heavy atom. The molecule has 1 aliphatic rings. The maximum atomic E-state index is 12.7. The van der Waals surface area contributed by atoms with Crippen molar-refractivity contribution in [3.05, 3.63) is 41.2 Å². The molecule has 0 unspecified atom stereocenters. The van der Waals surface area contributed by atoms with E-state index in [-0.39, 0.29) is 0 Å². The molecule has 2 aromatic rings. The van der Waals surface area contributed by atoms with Crippen molar-refractivity contribution in [2.75, 3.05) is 4.90 Å². The molecule has 0 radical (unpaired) electrons. The van der Waals surface area contributed by atoms with Crippen LogP contribution in [0, 0.1) is 0 Å². The van der Waals surface area contributed by atoms with Crippen LogP contribution < -0.4 is 4.90 Å². The fourth-order valence-electron chi connectivity index (χ4n) is 1.96. The Balaban J connectivity index is 1.82. The SMILES string of the molecule is FC(F)(F)c1cnc(N(Cc2cccnc2)C2CC2)s1. The normalized spacial score (nSPS) is 15.3. The van der Waals surface area contributed by atoms with Crippen LogP contribution in [-0.2, 0) is 12.7 Å². The predicted molar refractivity (Wildman–Crippen MR) is 70.6 cm³/mol. The van der Waals surface area contributed by atoms with Crippen LogP contribution in [-0.4, -0.2) is 16.0 Å². The van der Waals surface area contributed by atoms with E-state index in [1.54, 1.807) is 12.4 Å². The number of halogens is 3. The molecule has 3 nitrogen and oxygen atoms in total. The number of hydrogen-bond donors (Lipinski definition) is 0. The van der Waals surface area contributed by atoms with Crippen LogP contribution in [0.5, 0.6) is 0 Å². The Labute approximate surface area is 118 Å². The Hall–Kier alpha value is -1.63. The van der Waals surface area contributed by atoms with Crippen LogP contribution in [0.2, 0.25) is 0 Å². The van der Waals surface area contributed by atoms with Gasteiger partial charge in [-0.3, -0.25) is 4.98 Å². The van der Waals surface area contributed by atoms with E-state index in [9.17, 15) is 13.2 Å². The molecule has 1 saturated carbocycles. The van der Waals surface area contributed by atoms with Crippen molar-refractivity contribution in [3.8, 4) is 0 Å². The number of thiazole rings is 1. The Kier molecular flexibility index (Phi) is 3.37. The zero-order chi connectivity index (χ0) is 14.2. The molecule has 0 aliphatic heterocycles. The van der Waals surface area contributed by atoms with Gasteiger partial charge in [-0.05, 0) is 24.5 Å². The van der Waals surface area contributed by atoms with Gasteiger partial charge in [-0.25, -0.2) is 4.98 Å². The second-order valence-corrected chi connectivity index (χ2v) is 5.73. The van der Waals surface area contributed by atoms with Gasteiger partial charge >= 0.3 is 6.18 Å². The molecule has 1 fully saturated rings. The smallest absolute Gasteiger partial charge is 0.341 e. The van der Waals surface area contributed by atoms with Gasteiger partial charge < -0.3 is 4.90 Å². The first-order valence-electron chi connectivity index (χ1n) is 6.22. The molecule has 0 bridgehead atoms. The molecule has 0 N–H and O–H groups in total. The molecule has 20 heavy (non-hydrogen) atoms. The van der Waals surface area contributed by atoms with Crippen molar-refractivity contribution in [2.24, 2.45) is 0 Å². The third-order valence-corrected chi connectivity index (χ3v) is 4.16. The van der Waals surface area contributed by atoms with Crippen molar-refractivity contribution in [1.82, 2.24) is 9.97 Å². The highest BCUT2D eigenvalue weighted by molar-refractivity contribution is 7.15. The summed E-state index contributed by atoms with van der Waals surface area (Å²) < 4.78 is 38.0. The highest BCUT2D eigenvalue weighted by Gasteiger charge is 2.36. The average Bonchev–Trinajstić information content (AvgIpc) is 3.12. The van der Waals surface area contributed by atoms with Gasteiger partial charge in [0.25, 0.3) is 0 Å². The minimum absolute atomic E-state index is 0.294. The van der Waals surface area contributed by atoms with E-state index >= 15 is 0 Å². The number of anilines is 1. The molecule has 7 heteroatoms. The maximum Gasteiger partial charge on any atom is 0.427 e. The molecule has 0 saturated heterocycles. The second kappa shape index (κ2) is 5.05. The second-order valence-electron chi connectivity index (χ2n) is 4.73. The largest absolute Gasteiger partial charge is 0.427 e. The van der Waals surface area contributed by atoms with Crippen molar-refractivity contribution >= 4 is 16.5 Å². The molecule has 0 atom stereocenters. The Morgan fingerprint density at radius 2 is 2.10 bits per heavy atom. The number of alkyl halides is 3. The van der Waals surface area contributed by atoms with Crippen molar-refractivity contribution < 1.29 is 13.2 Å². The van der Waals surface area contributed by atoms with E-state index in [2.05, 4.69) is 9.97 Å². The maximum absolute atomic E-state index is 12.7. The molecule has 1 aliphatic carbocycles. The van der Waals surface area contributed by atoms with Crippen LogP contribution in [0.1, 0.15) is 23.3 Å². The number of pyridine rings is 1. The minimum atomic E-state index is -4.32. The predicted octanol–water partition coefficient (Wildman–Crippen LogP) is 3.73. The molecule has 2 heterocycles. The number of aromatic nitrogens is 2.